The zero-order valence-electron chi connectivity index (χ0n) is 4.99. The molecule has 9 nitrogen and oxygen atoms in total. The normalized spacial score (nSPS) is 4.50. The van der Waals surface area contributed by atoms with Gasteiger partial charge in [0.25, 0.3) is 0 Å². The van der Waals surface area contributed by atoms with Crippen LogP contribution in [0.3, 0.4) is 0 Å². The van der Waals surface area contributed by atoms with Crippen LogP contribution in [-0.4, -0.2) is 38.0 Å². The summed E-state index contributed by atoms with van der Waals surface area (Å²) < 4.78 is 0. The van der Waals surface area contributed by atoms with Crippen LogP contribution >= 0.6 is 0 Å². The number of hydrogen-bond donors (Lipinski definition) is 9. The largest absolute Gasteiger partial charge is 0.631 e. The summed E-state index contributed by atoms with van der Waals surface area (Å²) in [7, 11) is -2.17. The molecule has 0 heterocycles. The summed E-state index contributed by atoms with van der Waals surface area (Å²) in [5.74, 6) is 10.5. The highest BCUT2D eigenvalue weighted by Crippen LogP contribution is 1.40. The molecule has 0 aromatic carbocycles. The highest BCUT2D eigenvalue weighted by Gasteiger charge is 1.92. The average molecular weight is 161 g/mol. The van der Waals surface area contributed by atoms with Crippen molar-refractivity contribution in [2.45, 2.75) is 0 Å². The van der Waals surface area contributed by atoms with Gasteiger partial charge in [-0.15, -0.1) is 0 Å². The molecule has 0 aromatic rings. The average Bonchev–Trinajstić information content (AvgIpc) is 1.98. The van der Waals surface area contributed by atoms with Crippen LogP contribution in [0.5, 0.6) is 0 Å². The van der Waals surface area contributed by atoms with Crippen molar-refractivity contribution in [3.05, 3.63) is 0 Å². The van der Waals surface area contributed by atoms with Crippen molar-refractivity contribution < 1.29 is 30.7 Å². The monoisotopic (exact) mass is 161 g/mol. The second-order valence-corrected chi connectivity index (χ2v) is 0.346. The van der Waals surface area contributed by atoms with Gasteiger partial charge in [0.2, 0.25) is 0 Å². The second kappa shape index (κ2) is 70.6. The molecule has 66 valence electrons. The van der Waals surface area contributed by atoms with Crippen LogP contribution in [0.4, 0.5) is 0 Å². The van der Waals surface area contributed by atoms with Gasteiger partial charge in [-0.25, -0.2) is 17.7 Å². The lowest BCUT2D eigenvalue weighted by Gasteiger charge is -1.69. The second-order valence-electron chi connectivity index (χ2n) is 0.346. The summed E-state index contributed by atoms with van der Waals surface area (Å²) in [6.45, 7) is 0. The Hall–Kier alpha value is -0.295. The van der Waals surface area contributed by atoms with Crippen molar-refractivity contribution in [3.63, 3.8) is 0 Å². The van der Waals surface area contributed by atoms with Crippen molar-refractivity contribution in [2.75, 3.05) is 0 Å². The topological polar surface area (TPSA) is 199 Å². The van der Waals surface area contributed by atoms with Crippen molar-refractivity contribution in [1.82, 2.24) is 0 Å². The maximum Gasteiger partial charge on any atom is 0.631 e. The fourth-order valence-electron chi connectivity index (χ4n) is 0. The van der Waals surface area contributed by atoms with Gasteiger partial charge in [-0.1, -0.05) is 0 Å². The molecule has 0 unspecified atom stereocenters. The Morgan fingerprint density at radius 1 is 0.600 bits per heavy atom. The molecule has 0 bridgehead atoms. The van der Waals surface area contributed by atoms with Crippen LogP contribution in [0.15, 0.2) is 0 Å². The molecule has 0 atom stereocenters. The van der Waals surface area contributed by atoms with Crippen LogP contribution in [0.1, 0.15) is 0 Å². The molecule has 0 amide bonds. The zero-order valence-corrected chi connectivity index (χ0v) is 4.99. The van der Waals surface area contributed by atoms with Gasteiger partial charge in [-0.05, 0) is 0 Å². The molecule has 10 heavy (non-hydrogen) atoms. The number of rotatable bonds is 0. The molecule has 0 rings (SSSR count). The Balaban J connectivity index is -0.0000000262. The number of nitrogens with two attached hydrogens (primary N) is 3. The van der Waals surface area contributed by atoms with E-state index in [2.05, 4.69) is 17.7 Å². The van der Waals surface area contributed by atoms with E-state index in [0.29, 0.717) is 0 Å². The molecule has 0 aromatic heterocycles. The smallest absolute Gasteiger partial charge is 0.402 e. The first-order chi connectivity index (χ1) is 4.73. The Labute approximate surface area is 57.0 Å². The fourth-order valence-corrected chi connectivity index (χ4v) is 0. The highest BCUT2D eigenvalue weighted by molar-refractivity contribution is 6.30. The van der Waals surface area contributed by atoms with Gasteiger partial charge in [-0.3, -0.25) is 0 Å². The third-order valence-corrected chi connectivity index (χ3v) is 0. The first-order valence-corrected chi connectivity index (χ1v) is 1.55. The molecular weight excluding hydrogens is 149 g/mol. The van der Waals surface area contributed by atoms with Gasteiger partial charge in [0.1, 0.15) is 0 Å². The molecule has 0 radical (unpaired) electrons. The third-order valence-electron chi connectivity index (χ3n) is 0. The van der Waals surface area contributed by atoms with E-state index in [-0.39, 0.29) is 0 Å². The van der Waals surface area contributed by atoms with E-state index in [4.69, 9.17) is 30.7 Å². The van der Waals surface area contributed by atoms with Crippen molar-refractivity contribution in [2.24, 2.45) is 17.7 Å². The van der Waals surface area contributed by atoms with E-state index in [0.717, 1.165) is 0 Å². The van der Waals surface area contributed by atoms with E-state index in [1.165, 1.54) is 0 Å². The van der Waals surface area contributed by atoms with Gasteiger partial charge >= 0.3 is 7.32 Å². The van der Waals surface area contributed by atoms with E-state index in [1.807, 2.05) is 0 Å². The van der Waals surface area contributed by atoms with Crippen LogP contribution in [0.2, 0.25) is 0 Å². The predicted octanol–water partition coefficient (Wildman–Crippen LogP) is -4.05. The lowest BCUT2D eigenvalue weighted by atomic mass is 10.3. The number of hydrogen-bond acceptors (Lipinski definition) is 9. The SMILES string of the molecule is NO.NO.NO.OB(O)O. The molecular formula is H12BN3O6. The Kier molecular flexibility index (Phi) is 160. The van der Waals surface area contributed by atoms with Gasteiger partial charge in [0, 0.05) is 0 Å². The first-order valence-electron chi connectivity index (χ1n) is 1.55. The Morgan fingerprint density at radius 2 is 0.600 bits per heavy atom. The maximum absolute atomic E-state index is 7.17. The van der Waals surface area contributed by atoms with E-state index in [1.54, 1.807) is 0 Å². The first kappa shape index (κ1) is 22.6. The van der Waals surface area contributed by atoms with Crippen LogP contribution in [-0.2, 0) is 0 Å². The molecule has 10 heteroatoms. The maximum atomic E-state index is 7.17. The standard InChI is InChI=1S/BH3O3.3H3NO/c2-1(3)4;3*1-2/h2-4H;3*2H,1H2. The summed E-state index contributed by atoms with van der Waals surface area (Å²) in [6, 6.07) is 0. The third kappa shape index (κ3) is 3980. The minimum atomic E-state index is -2.17. The zero-order chi connectivity index (χ0) is 9.58. The molecule has 0 saturated carbocycles. The van der Waals surface area contributed by atoms with Gasteiger partial charge in [0.05, 0.1) is 0 Å². The summed E-state index contributed by atoms with van der Waals surface area (Å²) in [5, 5.41) is 41.0. The van der Waals surface area contributed by atoms with Gasteiger partial charge < -0.3 is 30.7 Å². The fraction of sp³-hybridized carbons (Fsp3) is 0. The lowest BCUT2D eigenvalue weighted by Crippen LogP contribution is -2.07. The van der Waals surface area contributed by atoms with Crippen LogP contribution in [0, 0.1) is 0 Å². The minimum Gasteiger partial charge on any atom is -0.402 e. The molecule has 0 aliphatic rings. The van der Waals surface area contributed by atoms with E-state index < -0.39 is 7.32 Å². The van der Waals surface area contributed by atoms with Crippen molar-refractivity contribution >= 4 is 7.32 Å². The Morgan fingerprint density at radius 3 is 0.600 bits per heavy atom. The molecule has 0 aliphatic heterocycles. The molecule has 0 fully saturated rings. The molecule has 0 spiro atoms. The Bertz CT molecular complexity index is 17.7. The summed E-state index contributed by atoms with van der Waals surface area (Å²) in [4.78, 5) is 0. The van der Waals surface area contributed by atoms with Gasteiger partial charge in [0.15, 0.2) is 0 Å². The molecule has 0 aliphatic carbocycles. The molecule has 12 N–H and O–H groups in total. The summed E-state index contributed by atoms with van der Waals surface area (Å²) >= 11 is 0. The van der Waals surface area contributed by atoms with Crippen LogP contribution in [0.25, 0.3) is 0 Å². The van der Waals surface area contributed by atoms with Crippen molar-refractivity contribution in [1.29, 1.82) is 0 Å². The van der Waals surface area contributed by atoms with E-state index >= 15 is 0 Å². The quantitative estimate of drug-likeness (QED) is 0.125. The summed E-state index contributed by atoms with van der Waals surface area (Å²) in [5.41, 5.74) is 0. The van der Waals surface area contributed by atoms with Crippen LogP contribution < -0.4 is 17.7 Å². The highest BCUT2D eigenvalue weighted by atomic mass is 16.5. The minimum absolute atomic E-state index is 2.17. The molecule has 0 saturated heterocycles. The predicted molar refractivity (Wildman–Crippen MR) is 30.3 cm³/mol. The van der Waals surface area contributed by atoms with Crippen molar-refractivity contribution in [3.8, 4) is 0 Å². The lowest BCUT2D eigenvalue weighted by molar-refractivity contribution is 0.278. The summed E-state index contributed by atoms with van der Waals surface area (Å²) in [6.07, 6.45) is 0. The van der Waals surface area contributed by atoms with E-state index in [9.17, 15) is 0 Å². The van der Waals surface area contributed by atoms with Gasteiger partial charge in [-0.2, -0.15) is 0 Å².